The Labute approximate surface area is 81.5 Å². The van der Waals surface area contributed by atoms with E-state index in [4.69, 9.17) is 10.5 Å². The predicted octanol–water partition coefficient (Wildman–Crippen LogP) is 0.0455. The predicted molar refractivity (Wildman–Crippen MR) is 51.2 cm³/mol. The minimum Gasteiger partial charge on any atom is -0.481 e. The molecule has 0 bridgehead atoms. The Balaban J connectivity index is 2.51. The molecule has 14 heavy (non-hydrogen) atoms. The molecule has 0 radical (unpaired) electrons. The molecular formula is C9H13N3O2. The molecule has 1 heterocycles. The second-order valence-corrected chi connectivity index (χ2v) is 3.38. The molecule has 0 aromatic carbocycles. The zero-order valence-corrected chi connectivity index (χ0v) is 8.06. The van der Waals surface area contributed by atoms with Crippen molar-refractivity contribution in [3.8, 4) is 5.88 Å². The van der Waals surface area contributed by atoms with E-state index < -0.39 is 0 Å². The fourth-order valence-corrected chi connectivity index (χ4v) is 1.50. The van der Waals surface area contributed by atoms with E-state index in [9.17, 15) is 4.79 Å². The molecule has 5 heteroatoms. The van der Waals surface area contributed by atoms with Gasteiger partial charge in [-0.05, 0) is 12.8 Å². The van der Waals surface area contributed by atoms with Crippen molar-refractivity contribution in [3.05, 3.63) is 22.2 Å². The molecule has 0 atom stereocenters. The van der Waals surface area contributed by atoms with Crippen LogP contribution in [0.1, 0.15) is 24.6 Å². The maximum atomic E-state index is 11.6. The molecule has 1 fully saturated rings. The number of nitrogens with two attached hydrogens (primary N) is 1. The van der Waals surface area contributed by atoms with E-state index >= 15 is 0 Å². The van der Waals surface area contributed by atoms with E-state index in [0.717, 1.165) is 18.5 Å². The van der Waals surface area contributed by atoms with Gasteiger partial charge < -0.3 is 10.5 Å². The first kappa shape index (κ1) is 9.21. The summed E-state index contributed by atoms with van der Waals surface area (Å²) in [5.74, 6) is 0.340. The lowest BCUT2D eigenvalue weighted by Crippen LogP contribution is -2.26. The van der Waals surface area contributed by atoms with Crippen LogP contribution in [-0.2, 0) is 6.54 Å². The molecular weight excluding hydrogens is 182 g/mol. The van der Waals surface area contributed by atoms with Gasteiger partial charge in [0.05, 0.1) is 7.11 Å². The summed E-state index contributed by atoms with van der Waals surface area (Å²) in [5, 5.41) is 0. The van der Waals surface area contributed by atoms with Gasteiger partial charge >= 0.3 is 5.69 Å². The van der Waals surface area contributed by atoms with Crippen LogP contribution in [0, 0.1) is 0 Å². The second-order valence-electron chi connectivity index (χ2n) is 3.38. The highest BCUT2D eigenvalue weighted by molar-refractivity contribution is 5.16. The van der Waals surface area contributed by atoms with Crippen molar-refractivity contribution in [2.24, 2.45) is 5.73 Å². The number of rotatable bonds is 3. The molecule has 1 saturated carbocycles. The molecule has 1 aliphatic carbocycles. The van der Waals surface area contributed by atoms with Gasteiger partial charge in [0.25, 0.3) is 0 Å². The first-order chi connectivity index (χ1) is 6.76. The quantitative estimate of drug-likeness (QED) is 0.739. The Morgan fingerprint density at radius 3 is 2.93 bits per heavy atom. The summed E-state index contributed by atoms with van der Waals surface area (Å²) in [6.45, 7) is 0.338. The Morgan fingerprint density at radius 1 is 1.71 bits per heavy atom. The van der Waals surface area contributed by atoms with Gasteiger partial charge in [0.15, 0.2) is 0 Å². The Kier molecular flexibility index (Phi) is 2.25. The third-order valence-corrected chi connectivity index (χ3v) is 2.34. The Bertz CT molecular complexity index is 396. The standard InChI is InChI=1S/C9H13N3O2/c1-14-8-4-7(5-10)12(6-2-3-6)9(13)11-8/h4,6H,2-3,5,10H2,1H3. The maximum Gasteiger partial charge on any atom is 0.351 e. The first-order valence-electron chi connectivity index (χ1n) is 4.62. The molecule has 0 amide bonds. The van der Waals surface area contributed by atoms with Gasteiger partial charge in [0.2, 0.25) is 5.88 Å². The monoisotopic (exact) mass is 195 g/mol. The highest BCUT2D eigenvalue weighted by Crippen LogP contribution is 2.34. The maximum absolute atomic E-state index is 11.6. The van der Waals surface area contributed by atoms with Crippen molar-refractivity contribution in [2.45, 2.75) is 25.4 Å². The van der Waals surface area contributed by atoms with E-state index in [1.54, 1.807) is 10.6 Å². The van der Waals surface area contributed by atoms with Gasteiger partial charge in [-0.3, -0.25) is 4.57 Å². The number of methoxy groups -OCH3 is 1. The lowest BCUT2D eigenvalue weighted by molar-refractivity contribution is 0.390. The molecule has 0 aliphatic heterocycles. The summed E-state index contributed by atoms with van der Waals surface area (Å²) in [6.07, 6.45) is 2.09. The summed E-state index contributed by atoms with van der Waals surface area (Å²) in [6, 6.07) is 2.03. The molecule has 0 saturated heterocycles. The Morgan fingerprint density at radius 2 is 2.43 bits per heavy atom. The fraction of sp³-hybridized carbons (Fsp3) is 0.556. The number of ether oxygens (including phenoxy) is 1. The number of hydrogen-bond donors (Lipinski definition) is 1. The lowest BCUT2D eigenvalue weighted by atomic mass is 10.3. The average molecular weight is 195 g/mol. The summed E-state index contributed by atoms with van der Waals surface area (Å²) in [7, 11) is 1.49. The van der Waals surface area contributed by atoms with Gasteiger partial charge in [-0.15, -0.1) is 0 Å². The van der Waals surface area contributed by atoms with E-state index in [0.29, 0.717) is 18.5 Å². The highest BCUT2D eigenvalue weighted by Gasteiger charge is 2.27. The zero-order valence-electron chi connectivity index (χ0n) is 8.06. The van der Waals surface area contributed by atoms with Crippen LogP contribution in [0.2, 0.25) is 0 Å². The average Bonchev–Trinajstić information content (AvgIpc) is 3.00. The minimum atomic E-state index is -0.257. The highest BCUT2D eigenvalue weighted by atomic mass is 16.5. The molecule has 1 aromatic rings. The van der Waals surface area contributed by atoms with E-state index in [1.165, 1.54) is 7.11 Å². The van der Waals surface area contributed by atoms with Gasteiger partial charge in [-0.25, -0.2) is 4.79 Å². The van der Waals surface area contributed by atoms with Crippen LogP contribution in [0.25, 0.3) is 0 Å². The first-order valence-corrected chi connectivity index (χ1v) is 4.62. The molecule has 2 N–H and O–H groups in total. The van der Waals surface area contributed by atoms with E-state index in [-0.39, 0.29) is 5.69 Å². The molecule has 0 spiro atoms. The van der Waals surface area contributed by atoms with Crippen LogP contribution in [0.15, 0.2) is 10.9 Å². The van der Waals surface area contributed by atoms with Crippen molar-refractivity contribution >= 4 is 0 Å². The topological polar surface area (TPSA) is 70.1 Å². The third-order valence-electron chi connectivity index (χ3n) is 2.34. The second kappa shape index (κ2) is 3.42. The van der Waals surface area contributed by atoms with Crippen LogP contribution < -0.4 is 16.2 Å². The van der Waals surface area contributed by atoms with Crippen molar-refractivity contribution < 1.29 is 4.74 Å². The van der Waals surface area contributed by atoms with E-state index in [1.807, 2.05) is 0 Å². The largest absolute Gasteiger partial charge is 0.481 e. The molecule has 2 rings (SSSR count). The summed E-state index contributed by atoms with van der Waals surface area (Å²) < 4.78 is 6.58. The third kappa shape index (κ3) is 1.50. The van der Waals surface area contributed by atoms with Crippen LogP contribution in [0.3, 0.4) is 0 Å². The molecule has 1 aromatic heterocycles. The molecule has 0 unspecified atom stereocenters. The van der Waals surface area contributed by atoms with Gasteiger partial charge in [0.1, 0.15) is 0 Å². The molecule has 5 nitrogen and oxygen atoms in total. The van der Waals surface area contributed by atoms with E-state index in [2.05, 4.69) is 4.98 Å². The van der Waals surface area contributed by atoms with Gasteiger partial charge in [-0.2, -0.15) is 4.98 Å². The number of hydrogen-bond acceptors (Lipinski definition) is 4. The number of aromatic nitrogens is 2. The summed E-state index contributed by atoms with van der Waals surface area (Å²) in [5.41, 5.74) is 6.10. The summed E-state index contributed by atoms with van der Waals surface area (Å²) >= 11 is 0. The van der Waals surface area contributed by atoms with Crippen LogP contribution in [0.4, 0.5) is 0 Å². The normalized spacial score (nSPS) is 15.6. The van der Waals surface area contributed by atoms with Gasteiger partial charge in [0, 0.05) is 24.3 Å². The lowest BCUT2D eigenvalue weighted by Gasteiger charge is -2.10. The summed E-state index contributed by atoms with van der Waals surface area (Å²) in [4.78, 5) is 15.4. The zero-order chi connectivity index (χ0) is 10.1. The number of nitrogens with zero attached hydrogens (tertiary/aromatic N) is 2. The fourth-order valence-electron chi connectivity index (χ4n) is 1.50. The minimum absolute atomic E-state index is 0.257. The van der Waals surface area contributed by atoms with Crippen LogP contribution in [-0.4, -0.2) is 16.7 Å². The van der Waals surface area contributed by atoms with Crippen LogP contribution in [0.5, 0.6) is 5.88 Å². The van der Waals surface area contributed by atoms with Gasteiger partial charge in [-0.1, -0.05) is 0 Å². The SMILES string of the molecule is COc1cc(CN)n(C2CC2)c(=O)n1. The molecule has 76 valence electrons. The van der Waals surface area contributed by atoms with Crippen molar-refractivity contribution in [1.82, 2.24) is 9.55 Å². The Hall–Kier alpha value is -1.36. The van der Waals surface area contributed by atoms with Crippen molar-refractivity contribution in [2.75, 3.05) is 7.11 Å². The van der Waals surface area contributed by atoms with Crippen molar-refractivity contribution in [3.63, 3.8) is 0 Å². The molecule has 1 aliphatic rings. The smallest absolute Gasteiger partial charge is 0.351 e. The van der Waals surface area contributed by atoms with Crippen molar-refractivity contribution in [1.29, 1.82) is 0 Å². The van der Waals surface area contributed by atoms with Crippen LogP contribution >= 0.6 is 0 Å².